The number of piperidine rings is 1. The molecule has 126 valence electrons. The summed E-state index contributed by atoms with van der Waals surface area (Å²) in [5, 5.41) is 9.97. The van der Waals surface area contributed by atoms with Crippen molar-refractivity contribution in [2.24, 2.45) is 11.3 Å². The molecule has 1 saturated carbocycles. The van der Waals surface area contributed by atoms with Crippen LogP contribution in [0.5, 0.6) is 0 Å². The third-order valence-electron chi connectivity index (χ3n) is 5.53. The van der Waals surface area contributed by atoms with Crippen LogP contribution in [-0.2, 0) is 4.79 Å². The summed E-state index contributed by atoms with van der Waals surface area (Å²) in [6, 6.07) is 3.71. The zero-order valence-electron chi connectivity index (χ0n) is 13.2. The van der Waals surface area contributed by atoms with Gasteiger partial charge < -0.3 is 14.4 Å². The van der Waals surface area contributed by atoms with Crippen LogP contribution in [0.3, 0.4) is 0 Å². The third-order valence-corrected chi connectivity index (χ3v) is 5.53. The van der Waals surface area contributed by atoms with Gasteiger partial charge >= 0.3 is 6.09 Å². The van der Waals surface area contributed by atoms with Crippen LogP contribution in [0.2, 0.25) is 0 Å². The van der Waals surface area contributed by atoms with Crippen LogP contribution in [0.15, 0.2) is 28.9 Å². The van der Waals surface area contributed by atoms with Crippen molar-refractivity contribution in [1.29, 1.82) is 0 Å². The highest BCUT2D eigenvalue weighted by Crippen LogP contribution is 2.59. The highest BCUT2D eigenvalue weighted by atomic mass is 16.4. The van der Waals surface area contributed by atoms with Crippen LogP contribution < -0.4 is 4.90 Å². The molecular formula is C17H19N3O4. The molecule has 2 aliphatic rings. The van der Waals surface area contributed by atoms with Crippen LogP contribution in [0.1, 0.15) is 19.3 Å². The van der Waals surface area contributed by atoms with E-state index in [-0.39, 0.29) is 5.41 Å². The number of nitrogens with zero attached hydrogens (tertiary/aromatic N) is 3. The summed E-state index contributed by atoms with van der Waals surface area (Å²) in [7, 11) is 0. The molecule has 2 aromatic rings. The van der Waals surface area contributed by atoms with E-state index in [4.69, 9.17) is 9.52 Å². The van der Waals surface area contributed by atoms with Gasteiger partial charge in [-0.1, -0.05) is 0 Å². The summed E-state index contributed by atoms with van der Waals surface area (Å²) < 4.78 is 5.72. The number of carbonyl (C=O) groups excluding carboxylic acids is 1. The average molecular weight is 329 g/mol. The van der Waals surface area contributed by atoms with Gasteiger partial charge in [0.2, 0.25) is 12.3 Å². The maximum atomic E-state index is 11.5. The number of rotatable bonds is 4. The Bertz CT molecular complexity index is 746. The minimum absolute atomic E-state index is 0.195. The van der Waals surface area contributed by atoms with E-state index in [2.05, 4.69) is 4.98 Å². The Balaban J connectivity index is 1.43. The monoisotopic (exact) mass is 329 g/mol. The minimum atomic E-state index is -0.840. The molecule has 1 N–H and O–H groups in total. The molecule has 0 bridgehead atoms. The predicted octanol–water partition coefficient (Wildman–Crippen LogP) is 2.57. The number of pyridine rings is 1. The number of hydrogen-bond acceptors (Lipinski definition) is 4. The fourth-order valence-electron chi connectivity index (χ4n) is 3.88. The first-order valence-electron chi connectivity index (χ1n) is 8.15. The molecule has 7 heteroatoms. The van der Waals surface area contributed by atoms with E-state index in [1.54, 1.807) is 17.3 Å². The molecule has 1 atom stereocenters. The fourth-order valence-corrected chi connectivity index (χ4v) is 3.88. The molecule has 1 spiro atoms. The predicted molar refractivity (Wildman–Crippen MR) is 86.8 cm³/mol. The van der Waals surface area contributed by atoms with E-state index in [1.165, 1.54) is 4.90 Å². The molecule has 0 aromatic carbocycles. The minimum Gasteiger partial charge on any atom is -0.465 e. The highest BCUT2D eigenvalue weighted by molar-refractivity contribution is 5.84. The van der Waals surface area contributed by atoms with Crippen LogP contribution >= 0.6 is 0 Å². The van der Waals surface area contributed by atoms with Gasteiger partial charge in [0.1, 0.15) is 0 Å². The van der Waals surface area contributed by atoms with Crippen LogP contribution in [0.4, 0.5) is 10.7 Å². The normalized spacial score (nSPS) is 21.8. The van der Waals surface area contributed by atoms with Crippen molar-refractivity contribution in [2.45, 2.75) is 19.3 Å². The summed E-state index contributed by atoms with van der Waals surface area (Å²) >= 11 is 0. The summed E-state index contributed by atoms with van der Waals surface area (Å²) in [4.78, 5) is 29.6. The van der Waals surface area contributed by atoms with Gasteiger partial charge in [0.25, 0.3) is 0 Å². The molecule has 4 rings (SSSR count). The molecule has 1 unspecified atom stereocenters. The average Bonchev–Trinajstić information content (AvgIpc) is 3.06. The number of carbonyl (C=O) groups is 2. The first-order chi connectivity index (χ1) is 11.6. The summed E-state index contributed by atoms with van der Waals surface area (Å²) in [6.07, 6.45) is 6.10. The number of carboxylic acid groups (broad SMARTS) is 1. The van der Waals surface area contributed by atoms with Crippen molar-refractivity contribution in [3.8, 4) is 0 Å². The second kappa shape index (κ2) is 5.51. The molecule has 24 heavy (non-hydrogen) atoms. The Morgan fingerprint density at radius 3 is 2.96 bits per heavy atom. The topological polar surface area (TPSA) is 86.9 Å². The summed E-state index contributed by atoms with van der Waals surface area (Å²) in [5.41, 5.74) is 0.862. The third kappa shape index (κ3) is 2.50. The Morgan fingerprint density at radius 1 is 1.50 bits per heavy atom. The van der Waals surface area contributed by atoms with Gasteiger partial charge in [-0.15, -0.1) is 0 Å². The first kappa shape index (κ1) is 15.0. The standard InChI is InChI=1S/C17H19N3O4/c21-11-20(15-7-12-1-4-18-9-14(12)24-15)10-13-8-17(13)2-5-19(6-3-17)16(22)23/h1,4,7,9,11,13H,2-3,5-6,8,10H2,(H,22,23). The van der Waals surface area contributed by atoms with E-state index in [0.29, 0.717) is 37.0 Å². The number of likely N-dealkylation sites (tertiary alicyclic amines) is 1. The van der Waals surface area contributed by atoms with E-state index in [0.717, 1.165) is 31.1 Å². The van der Waals surface area contributed by atoms with Crippen LogP contribution in [0, 0.1) is 11.3 Å². The molecule has 0 radical (unpaired) electrons. The van der Waals surface area contributed by atoms with Gasteiger partial charge in [0, 0.05) is 37.3 Å². The lowest BCUT2D eigenvalue weighted by Gasteiger charge is -2.31. The molecule has 1 aliphatic heterocycles. The number of hydrogen-bond donors (Lipinski definition) is 1. The van der Waals surface area contributed by atoms with Gasteiger partial charge in [-0.05, 0) is 36.7 Å². The highest BCUT2D eigenvalue weighted by Gasteiger charge is 2.55. The summed E-state index contributed by atoms with van der Waals surface area (Å²) in [5.74, 6) is 0.947. The largest absolute Gasteiger partial charge is 0.465 e. The molecule has 1 aliphatic carbocycles. The van der Waals surface area contributed by atoms with Crippen LogP contribution in [-0.4, -0.2) is 47.1 Å². The lowest BCUT2D eigenvalue weighted by molar-refractivity contribution is -0.107. The number of furan rings is 1. The van der Waals surface area contributed by atoms with Crippen molar-refractivity contribution in [3.63, 3.8) is 0 Å². The molecule has 2 fully saturated rings. The lowest BCUT2D eigenvalue weighted by Crippen LogP contribution is -2.39. The quantitative estimate of drug-likeness (QED) is 0.871. The number of amides is 2. The van der Waals surface area contributed by atoms with Crippen molar-refractivity contribution < 1.29 is 19.1 Å². The number of anilines is 1. The van der Waals surface area contributed by atoms with Gasteiger partial charge in [0.05, 0.1) is 6.20 Å². The van der Waals surface area contributed by atoms with E-state index >= 15 is 0 Å². The second-order valence-corrected chi connectivity index (χ2v) is 6.79. The second-order valence-electron chi connectivity index (χ2n) is 6.79. The van der Waals surface area contributed by atoms with E-state index in [9.17, 15) is 9.59 Å². The molecular weight excluding hydrogens is 310 g/mol. The Hall–Kier alpha value is -2.57. The van der Waals surface area contributed by atoms with Crippen molar-refractivity contribution in [2.75, 3.05) is 24.5 Å². The zero-order chi connectivity index (χ0) is 16.7. The number of fused-ring (bicyclic) bond motifs is 1. The van der Waals surface area contributed by atoms with E-state index < -0.39 is 6.09 Å². The molecule has 7 nitrogen and oxygen atoms in total. The first-order valence-corrected chi connectivity index (χ1v) is 8.15. The maximum Gasteiger partial charge on any atom is 0.407 e. The van der Waals surface area contributed by atoms with Gasteiger partial charge in [-0.2, -0.15) is 0 Å². The Morgan fingerprint density at radius 2 is 2.29 bits per heavy atom. The van der Waals surface area contributed by atoms with Crippen molar-refractivity contribution >= 4 is 29.4 Å². The molecule has 3 heterocycles. The summed E-state index contributed by atoms with van der Waals surface area (Å²) in [6.45, 7) is 1.79. The molecule has 2 amide bonds. The number of aromatic nitrogens is 1. The van der Waals surface area contributed by atoms with Crippen molar-refractivity contribution in [1.82, 2.24) is 9.88 Å². The van der Waals surface area contributed by atoms with Gasteiger partial charge in [0.15, 0.2) is 5.58 Å². The maximum absolute atomic E-state index is 11.5. The van der Waals surface area contributed by atoms with Gasteiger partial charge in [-0.25, -0.2) is 4.79 Å². The van der Waals surface area contributed by atoms with Gasteiger partial charge in [-0.3, -0.25) is 14.7 Å². The Labute approximate surface area is 138 Å². The fraction of sp³-hybridized carbons (Fsp3) is 0.471. The molecule has 1 saturated heterocycles. The van der Waals surface area contributed by atoms with Crippen LogP contribution in [0.25, 0.3) is 11.0 Å². The Kier molecular flexibility index (Phi) is 3.44. The lowest BCUT2D eigenvalue weighted by atomic mass is 9.91. The van der Waals surface area contributed by atoms with Crippen molar-refractivity contribution in [3.05, 3.63) is 24.5 Å². The SMILES string of the molecule is O=CN(CC1CC12CCN(C(=O)O)CC2)c1cc2ccncc2o1. The molecule has 2 aromatic heterocycles. The van der Waals surface area contributed by atoms with E-state index in [1.807, 2.05) is 12.1 Å². The smallest absolute Gasteiger partial charge is 0.407 e. The zero-order valence-corrected chi connectivity index (χ0v) is 13.2.